The maximum Gasteiger partial charge on any atom is 0.343 e. The maximum absolute atomic E-state index is 11.9. The van der Waals surface area contributed by atoms with Crippen LogP contribution in [-0.2, 0) is 0 Å². The molecule has 5 nitrogen and oxygen atoms in total. The Morgan fingerprint density at radius 2 is 2.06 bits per heavy atom. The van der Waals surface area contributed by atoms with Crippen LogP contribution in [0.3, 0.4) is 0 Å². The zero-order valence-electron chi connectivity index (χ0n) is 8.90. The van der Waals surface area contributed by atoms with Crippen molar-refractivity contribution in [3.05, 3.63) is 50.3 Å². The number of aromatic carboxylic acids is 1. The van der Waals surface area contributed by atoms with E-state index in [0.29, 0.717) is 15.9 Å². The quantitative estimate of drug-likeness (QED) is 0.889. The number of benzene rings is 1. The number of hydrogen-bond donors (Lipinski definition) is 2. The average Bonchev–Trinajstić information content (AvgIpc) is 2.55. The molecule has 0 saturated carbocycles. The molecule has 1 aromatic carbocycles. The SMILES string of the molecule is Cc1[nH]n(-c2ccccc2Br)c(=O)c1C(=O)O. The first-order valence-corrected chi connectivity index (χ1v) is 5.61. The number of nitrogens with zero attached hydrogens (tertiary/aromatic N) is 1. The number of aryl methyl sites for hydroxylation is 1. The van der Waals surface area contributed by atoms with Crippen molar-refractivity contribution in [2.75, 3.05) is 0 Å². The molecule has 0 aliphatic heterocycles. The van der Waals surface area contributed by atoms with Crippen LogP contribution < -0.4 is 5.56 Å². The van der Waals surface area contributed by atoms with Crippen LogP contribution in [0.4, 0.5) is 0 Å². The summed E-state index contributed by atoms with van der Waals surface area (Å²) in [7, 11) is 0. The van der Waals surface area contributed by atoms with Gasteiger partial charge < -0.3 is 5.11 Å². The summed E-state index contributed by atoms with van der Waals surface area (Å²) in [6, 6.07) is 7.07. The van der Waals surface area contributed by atoms with E-state index in [4.69, 9.17) is 5.11 Å². The van der Waals surface area contributed by atoms with Crippen molar-refractivity contribution in [1.29, 1.82) is 0 Å². The lowest BCUT2D eigenvalue weighted by Crippen LogP contribution is -2.20. The Labute approximate surface area is 105 Å². The van der Waals surface area contributed by atoms with E-state index >= 15 is 0 Å². The predicted octanol–water partition coefficient (Wildman–Crippen LogP) is 1.93. The van der Waals surface area contributed by atoms with Gasteiger partial charge >= 0.3 is 5.97 Å². The summed E-state index contributed by atoms with van der Waals surface area (Å²) in [5, 5.41) is 11.7. The van der Waals surface area contributed by atoms with Crippen LogP contribution in [0, 0.1) is 6.92 Å². The number of aromatic amines is 1. The summed E-state index contributed by atoms with van der Waals surface area (Å²) in [6.45, 7) is 1.55. The molecule has 1 heterocycles. The van der Waals surface area contributed by atoms with Gasteiger partial charge in [0.25, 0.3) is 5.56 Å². The molecule has 88 valence electrons. The molecule has 0 spiro atoms. The monoisotopic (exact) mass is 296 g/mol. The van der Waals surface area contributed by atoms with Crippen LogP contribution in [0.1, 0.15) is 16.1 Å². The standard InChI is InChI=1S/C11H9BrN2O3/c1-6-9(11(16)17)10(15)14(13-6)8-5-3-2-4-7(8)12/h2-5,13H,1H3,(H,16,17). The molecule has 0 bridgehead atoms. The smallest absolute Gasteiger partial charge is 0.343 e. The summed E-state index contributed by atoms with van der Waals surface area (Å²) in [4.78, 5) is 22.8. The first-order valence-electron chi connectivity index (χ1n) is 4.82. The van der Waals surface area contributed by atoms with Crippen molar-refractivity contribution in [2.45, 2.75) is 6.92 Å². The van der Waals surface area contributed by atoms with Crippen LogP contribution in [0.25, 0.3) is 5.69 Å². The molecule has 0 fully saturated rings. The molecule has 0 saturated heterocycles. The molecule has 0 aliphatic rings. The maximum atomic E-state index is 11.9. The molecule has 2 aromatic rings. The van der Waals surface area contributed by atoms with E-state index in [1.54, 1.807) is 25.1 Å². The lowest BCUT2D eigenvalue weighted by Gasteiger charge is -2.03. The summed E-state index contributed by atoms with van der Waals surface area (Å²) >= 11 is 3.31. The second-order valence-electron chi connectivity index (χ2n) is 3.51. The molecular formula is C11H9BrN2O3. The van der Waals surface area contributed by atoms with Gasteiger partial charge in [-0.2, -0.15) is 0 Å². The number of carboxylic acid groups (broad SMARTS) is 1. The van der Waals surface area contributed by atoms with Crippen LogP contribution in [0.2, 0.25) is 0 Å². The van der Waals surface area contributed by atoms with Gasteiger partial charge in [-0.1, -0.05) is 12.1 Å². The van der Waals surface area contributed by atoms with Gasteiger partial charge in [-0.3, -0.25) is 9.89 Å². The fourth-order valence-electron chi connectivity index (χ4n) is 1.60. The predicted molar refractivity (Wildman–Crippen MR) is 65.8 cm³/mol. The molecule has 17 heavy (non-hydrogen) atoms. The van der Waals surface area contributed by atoms with E-state index in [1.165, 1.54) is 4.68 Å². The highest BCUT2D eigenvalue weighted by molar-refractivity contribution is 9.10. The Bertz CT molecular complexity index is 642. The van der Waals surface area contributed by atoms with E-state index in [2.05, 4.69) is 21.0 Å². The topological polar surface area (TPSA) is 75.1 Å². The third-order valence-electron chi connectivity index (χ3n) is 2.38. The Hall–Kier alpha value is -1.82. The number of carbonyl (C=O) groups is 1. The Morgan fingerprint density at radius 1 is 1.41 bits per heavy atom. The molecule has 1 aromatic heterocycles. The van der Waals surface area contributed by atoms with Crippen molar-refractivity contribution < 1.29 is 9.90 Å². The second-order valence-corrected chi connectivity index (χ2v) is 4.36. The van der Waals surface area contributed by atoms with Gasteiger partial charge in [-0.15, -0.1) is 0 Å². The first-order chi connectivity index (χ1) is 8.02. The lowest BCUT2D eigenvalue weighted by molar-refractivity contribution is 0.0694. The summed E-state index contributed by atoms with van der Waals surface area (Å²) < 4.78 is 1.92. The number of halogens is 1. The summed E-state index contributed by atoms with van der Waals surface area (Å²) in [6.07, 6.45) is 0. The van der Waals surface area contributed by atoms with Gasteiger partial charge in [-0.05, 0) is 35.0 Å². The van der Waals surface area contributed by atoms with E-state index in [9.17, 15) is 9.59 Å². The van der Waals surface area contributed by atoms with E-state index < -0.39 is 11.5 Å². The van der Waals surface area contributed by atoms with Crippen molar-refractivity contribution in [3.8, 4) is 5.69 Å². The Balaban J connectivity index is 2.71. The number of nitrogens with one attached hydrogen (secondary N) is 1. The fraction of sp³-hybridized carbons (Fsp3) is 0.0909. The molecule has 2 N–H and O–H groups in total. The number of carboxylic acids is 1. The van der Waals surface area contributed by atoms with E-state index in [0.717, 1.165) is 0 Å². The highest BCUT2D eigenvalue weighted by Crippen LogP contribution is 2.18. The highest BCUT2D eigenvalue weighted by atomic mass is 79.9. The van der Waals surface area contributed by atoms with Gasteiger partial charge in [0.15, 0.2) is 0 Å². The zero-order valence-corrected chi connectivity index (χ0v) is 10.5. The number of aromatic nitrogens is 2. The minimum Gasteiger partial charge on any atom is -0.477 e. The van der Waals surface area contributed by atoms with E-state index in [-0.39, 0.29) is 5.56 Å². The summed E-state index contributed by atoms with van der Waals surface area (Å²) in [5.41, 5.74) is 0.106. The largest absolute Gasteiger partial charge is 0.477 e. The highest BCUT2D eigenvalue weighted by Gasteiger charge is 2.19. The average molecular weight is 297 g/mol. The van der Waals surface area contributed by atoms with Gasteiger partial charge in [0.05, 0.1) is 5.69 Å². The minimum absolute atomic E-state index is 0.235. The first kappa shape index (κ1) is 11.7. The number of rotatable bonds is 2. The van der Waals surface area contributed by atoms with Crippen molar-refractivity contribution in [3.63, 3.8) is 0 Å². The molecule has 2 rings (SSSR count). The third kappa shape index (κ3) is 1.91. The van der Waals surface area contributed by atoms with Crippen LogP contribution >= 0.6 is 15.9 Å². The normalized spacial score (nSPS) is 10.5. The Kier molecular flexibility index (Phi) is 2.89. The van der Waals surface area contributed by atoms with Crippen molar-refractivity contribution in [1.82, 2.24) is 9.78 Å². The summed E-state index contributed by atoms with van der Waals surface area (Å²) in [5.74, 6) is -1.23. The van der Waals surface area contributed by atoms with E-state index in [1.807, 2.05) is 6.07 Å². The van der Waals surface area contributed by atoms with Crippen LogP contribution in [-0.4, -0.2) is 20.9 Å². The molecule has 0 aliphatic carbocycles. The van der Waals surface area contributed by atoms with Gasteiger partial charge in [-0.25, -0.2) is 9.48 Å². The third-order valence-corrected chi connectivity index (χ3v) is 3.05. The molecule has 0 radical (unpaired) electrons. The van der Waals surface area contributed by atoms with Gasteiger partial charge in [0, 0.05) is 10.2 Å². The Morgan fingerprint density at radius 3 is 2.59 bits per heavy atom. The minimum atomic E-state index is -1.23. The molecule has 0 amide bonds. The van der Waals surface area contributed by atoms with Gasteiger partial charge in [0.1, 0.15) is 5.56 Å². The zero-order chi connectivity index (χ0) is 12.6. The molecule has 0 atom stereocenters. The van der Waals surface area contributed by atoms with Crippen LogP contribution in [0.5, 0.6) is 0 Å². The van der Waals surface area contributed by atoms with Gasteiger partial charge in [0.2, 0.25) is 0 Å². The lowest BCUT2D eigenvalue weighted by atomic mass is 10.2. The number of para-hydroxylation sites is 1. The second kappa shape index (κ2) is 4.21. The van der Waals surface area contributed by atoms with Crippen molar-refractivity contribution in [2.24, 2.45) is 0 Å². The van der Waals surface area contributed by atoms with Crippen LogP contribution in [0.15, 0.2) is 33.5 Å². The fourth-order valence-corrected chi connectivity index (χ4v) is 2.06. The van der Waals surface area contributed by atoms with Crippen molar-refractivity contribution >= 4 is 21.9 Å². The number of hydrogen-bond acceptors (Lipinski definition) is 2. The number of H-pyrrole nitrogens is 1. The molecular weight excluding hydrogens is 288 g/mol. The molecule has 0 unspecified atom stereocenters. The molecule has 6 heteroatoms.